The summed E-state index contributed by atoms with van der Waals surface area (Å²) in [5.41, 5.74) is 0.503. The molecular weight excluding hydrogens is 242 g/mol. The summed E-state index contributed by atoms with van der Waals surface area (Å²) in [6.07, 6.45) is 0.266. The fourth-order valence-corrected chi connectivity index (χ4v) is 2.43. The number of hydrogen-bond donors (Lipinski definition) is 2. The Morgan fingerprint density at radius 1 is 1.37 bits per heavy atom. The summed E-state index contributed by atoms with van der Waals surface area (Å²) in [5.74, 6) is 0. The highest BCUT2D eigenvalue weighted by Crippen LogP contribution is 2.20. The van der Waals surface area contributed by atoms with Crippen molar-refractivity contribution in [3.05, 3.63) is 35.9 Å². The van der Waals surface area contributed by atoms with Gasteiger partial charge in [0.2, 0.25) is 0 Å². The second kappa shape index (κ2) is 6.48. The maximum atomic E-state index is 9.91. The molecule has 2 atom stereocenters. The zero-order valence-electron chi connectivity index (χ0n) is 11.5. The van der Waals surface area contributed by atoms with Crippen LogP contribution in [0.1, 0.15) is 18.9 Å². The standard InChI is InChI=1S/C15H23NO3/c1-15(18)7-8-16(12-15)9-14(17)11-19-10-13-5-3-2-4-6-13/h2-6,14,17-18H,7-12H2,1H3. The Morgan fingerprint density at radius 2 is 2.11 bits per heavy atom. The quantitative estimate of drug-likeness (QED) is 0.806. The molecule has 0 spiro atoms. The number of aliphatic hydroxyl groups excluding tert-OH is 1. The summed E-state index contributed by atoms with van der Waals surface area (Å²) >= 11 is 0. The van der Waals surface area contributed by atoms with Gasteiger partial charge in [-0.3, -0.25) is 4.90 Å². The van der Waals surface area contributed by atoms with Gasteiger partial charge in [-0.15, -0.1) is 0 Å². The van der Waals surface area contributed by atoms with Crippen LogP contribution >= 0.6 is 0 Å². The largest absolute Gasteiger partial charge is 0.389 e. The molecule has 19 heavy (non-hydrogen) atoms. The Morgan fingerprint density at radius 3 is 2.74 bits per heavy atom. The van der Waals surface area contributed by atoms with Crippen LogP contribution in [0.2, 0.25) is 0 Å². The molecule has 0 aromatic heterocycles. The lowest BCUT2D eigenvalue weighted by molar-refractivity contribution is 0.00710. The van der Waals surface area contributed by atoms with Crippen LogP contribution in [0, 0.1) is 0 Å². The molecule has 2 unspecified atom stereocenters. The van der Waals surface area contributed by atoms with Gasteiger partial charge in [-0.05, 0) is 18.9 Å². The first kappa shape index (κ1) is 14.5. The predicted octanol–water partition coefficient (Wildman–Crippen LogP) is 1.02. The smallest absolute Gasteiger partial charge is 0.0900 e. The van der Waals surface area contributed by atoms with Crippen molar-refractivity contribution in [3.8, 4) is 0 Å². The zero-order valence-corrected chi connectivity index (χ0v) is 11.5. The van der Waals surface area contributed by atoms with Gasteiger partial charge in [0, 0.05) is 19.6 Å². The van der Waals surface area contributed by atoms with Crippen LogP contribution in [-0.4, -0.2) is 53.1 Å². The number of likely N-dealkylation sites (tertiary alicyclic amines) is 1. The van der Waals surface area contributed by atoms with E-state index in [1.165, 1.54) is 0 Å². The fraction of sp³-hybridized carbons (Fsp3) is 0.600. The Hall–Kier alpha value is -0.940. The van der Waals surface area contributed by atoms with E-state index in [2.05, 4.69) is 4.90 Å². The number of nitrogens with zero attached hydrogens (tertiary/aromatic N) is 1. The number of benzene rings is 1. The van der Waals surface area contributed by atoms with E-state index in [1.807, 2.05) is 37.3 Å². The van der Waals surface area contributed by atoms with Crippen LogP contribution in [0.5, 0.6) is 0 Å². The van der Waals surface area contributed by atoms with Gasteiger partial charge in [0.05, 0.1) is 24.9 Å². The Labute approximate surface area is 114 Å². The molecule has 1 aromatic carbocycles. The van der Waals surface area contributed by atoms with E-state index >= 15 is 0 Å². The van der Waals surface area contributed by atoms with Crippen molar-refractivity contribution in [2.45, 2.75) is 31.7 Å². The molecule has 0 saturated carbocycles. The van der Waals surface area contributed by atoms with Crippen LogP contribution in [0.25, 0.3) is 0 Å². The normalized spacial score (nSPS) is 25.6. The van der Waals surface area contributed by atoms with Gasteiger partial charge in [-0.2, -0.15) is 0 Å². The minimum Gasteiger partial charge on any atom is -0.389 e. The molecule has 0 bridgehead atoms. The van der Waals surface area contributed by atoms with Crippen molar-refractivity contribution in [1.29, 1.82) is 0 Å². The molecule has 0 amide bonds. The van der Waals surface area contributed by atoms with Crippen LogP contribution < -0.4 is 0 Å². The number of hydrogen-bond acceptors (Lipinski definition) is 4. The zero-order chi connectivity index (χ0) is 13.7. The van der Waals surface area contributed by atoms with E-state index in [0.717, 1.165) is 18.5 Å². The fourth-order valence-electron chi connectivity index (χ4n) is 2.43. The maximum Gasteiger partial charge on any atom is 0.0900 e. The van der Waals surface area contributed by atoms with Gasteiger partial charge >= 0.3 is 0 Å². The minimum atomic E-state index is -0.607. The molecule has 1 aliphatic rings. The Bertz CT molecular complexity index is 380. The van der Waals surface area contributed by atoms with Crippen molar-refractivity contribution in [2.24, 2.45) is 0 Å². The number of β-amino-alcohol motifs (C(OH)–C–C–N with tert-alkyl or cyclic N) is 2. The second-order valence-corrected chi connectivity index (χ2v) is 5.64. The van der Waals surface area contributed by atoms with E-state index in [9.17, 15) is 10.2 Å². The maximum absolute atomic E-state index is 9.91. The molecule has 1 aromatic rings. The molecule has 2 N–H and O–H groups in total. The first-order valence-corrected chi connectivity index (χ1v) is 6.80. The Balaban J connectivity index is 1.64. The van der Waals surface area contributed by atoms with Crippen LogP contribution in [0.15, 0.2) is 30.3 Å². The lowest BCUT2D eigenvalue weighted by Gasteiger charge is -2.21. The molecular formula is C15H23NO3. The molecule has 1 fully saturated rings. The third-order valence-electron chi connectivity index (χ3n) is 3.42. The van der Waals surface area contributed by atoms with Gasteiger partial charge in [-0.1, -0.05) is 30.3 Å². The Kier molecular flexibility index (Phi) is 4.93. The first-order valence-electron chi connectivity index (χ1n) is 6.80. The summed E-state index contributed by atoms with van der Waals surface area (Å²) in [4.78, 5) is 2.08. The summed E-state index contributed by atoms with van der Waals surface area (Å²) < 4.78 is 5.50. The topological polar surface area (TPSA) is 52.9 Å². The van der Waals surface area contributed by atoms with Crippen molar-refractivity contribution in [1.82, 2.24) is 4.90 Å². The summed E-state index contributed by atoms with van der Waals surface area (Å²) in [6, 6.07) is 9.93. The van der Waals surface area contributed by atoms with Crippen molar-refractivity contribution >= 4 is 0 Å². The van der Waals surface area contributed by atoms with E-state index in [1.54, 1.807) is 0 Å². The lowest BCUT2D eigenvalue weighted by atomic mass is 10.1. The molecule has 0 aliphatic carbocycles. The third-order valence-corrected chi connectivity index (χ3v) is 3.42. The summed E-state index contributed by atoms with van der Waals surface area (Å²) in [7, 11) is 0. The van der Waals surface area contributed by atoms with Gasteiger partial charge in [-0.25, -0.2) is 0 Å². The second-order valence-electron chi connectivity index (χ2n) is 5.64. The predicted molar refractivity (Wildman–Crippen MR) is 73.8 cm³/mol. The van der Waals surface area contributed by atoms with Gasteiger partial charge in [0.15, 0.2) is 0 Å². The summed E-state index contributed by atoms with van der Waals surface area (Å²) in [6.45, 7) is 4.71. The molecule has 1 heterocycles. The molecule has 4 heteroatoms. The number of aliphatic hydroxyl groups is 2. The minimum absolute atomic E-state index is 0.327. The van der Waals surface area contributed by atoms with Crippen LogP contribution in [0.4, 0.5) is 0 Å². The van der Waals surface area contributed by atoms with E-state index < -0.39 is 11.7 Å². The molecule has 2 rings (SSSR count). The number of rotatable bonds is 6. The average Bonchev–Trinajstić information content (AvgIpc) is 2.70. The van der Waals surface area contributed by atoms with Gasteiger partial charge in [0.25, 0.3) is 0 Å². The highest BCUT2D eigenvalue weighted by Gasteiger charge is 2.31. The first-order chi connectivity index (χ1) is 9.05. The van der Waals surface area contributed by atoms with Gasteiger partial charge in [0.1, 0.15) is 0 Å². The molecule has 0 radical (unpaired) electrons. The average molecular weight is 265 g/mol. The van der Waals surface area contributed by atoms with Gasteiger partial charge < -0.3 is 14.9 Å². The van der Waals surface area contributed by atoms with E-state index in [-0.39, 0.29) is 0 Å². The van der Waals surface area contributed by atoms with Crippen molar-refractivity contribution in [3.63, 3.8) is 0 Å². The highest BCUT2D eigenvalue weighted by molar-refractivity contribution is 5.13. The van der Waals surface area contributed by atoms with Crippen molar-refractivity contribution < 1.29 is 14.9 Å². The number of ether oxygens (including phenoxy) is 1. The lowest BCUT2D eigenvalue weighted by Crippen LogP contribution is -2.36. The van der Waals surface area contributed by atoms with Crippen LogP contribution in [-0.2, 0) is 11.3 Å². The summed E-state index contributed by atoms with van der Waals surface area (Å²) in [5, 5.41) is 19.8. The van der Waals surface area contributed by atoms with Crippen molar-refractivity contribution in [2.75, 3.05) is 26.2 Å². The van der Waals surface area contributed by atoms with E-state index in [4.69, 9.17) is 4.74 Å². The molecule has 1 saturated heterocycles. The highest BCUT2D eigenvalue weighted by atomic mass is 16.5. The van der Waals surface area contributed by atoms with E-state index in [0.29, 0.717) is 26.3 Å². The monoisotopic (exact) mass is 265 g/mol. The molecule has 1 aliphatic heterocycles. The molecule has 4 nitrogen and oxygen atoms in total. The molecule has 106 valence electrons. The SMILES string of the molecule is CC1(O)CCN(CC(O)COCc2ccccc2)C1. The van der Waals surface area contributed by atoms with Crippen LogP contribution in [0.3, 0.4) is 0 Å². The third kappa shape index (κ3) is 4.91.